The highest BCUT2D eigenvalue weighted by molar-refractivity contribution is 6.74. The standard InChI is InChI=1S/C21H30O5Si/c1-21(2,3)27(6,7)26-10-8-9-14-11-15-12-16(24-4)13-17(25-5)18(15)20(23)19(14)22/h11-13H,8-10H2,1-7H3. The summed E-state index contributed by atoms with van der Waals surface area (Å²) < 4.78 is 16.7. The van der Waals surface area contributed by atoms with Gasteiger partial charge in [0.1, 0.15) is 11.5 Å². The van der Waals surface area contributed by atoms with Crippen LogP contribution in [-0.4, -0.2) is 40.7 Å². The summed E-state index contributed by atoms with van der Waals surface area (Å²) in [5, 5.41) is 0.148. The van der Waals surface area contributed by atoms with Crippen LogP contribution in [0.3, 0.4) is 0 Å². The van der Waals surface area contributed by atoms with E-state index >= 15 is 0 Å². The zero-order valence-corrected chi connectivity index (χ0v) is 18.4. The fourth-order valence-electron chi connectivity index (χ4n) is 2.75. The van der Waals surface area contributed by atoms with Crippen LogP contribution in [0, 0.1) is 0 Å². The molecule has 0 unspecified atom stereocenters. The molecule has 27 heavy (non-hydrogen) atoms. The first kappa shape index (κ1) is 21.4. The fraction of sp³-hybridized carbons (Fsp3) is 0.524. The lowest BCUT2D eigenvalue weighted by molar-refractivity contribution is -0.112. The molecular formula is C21H30O5Si. The Hall–Kier alpha value is -1.92. The second-order valence-corrected chi connectivity index (χ2v) is 13.1. The van der Waals surface area contributed by atoms with Gasteiger partial charge in [-0.25, -0.2) is 0 Å². The van der Waals surface area contributed by atoms with Crippen molar-refractivity contribution in [2.45, 2.75) is 51.7 Å². The zero-order chi connectivity index (χ0) is 20.4. The third kappa shape index (κ3) is 4.50. The molecule has 1 aromatic carbocycles. The van der Waals surface area contributed by atoms with Gasteiger partial charge in [0.25, 0.3) is 0 Å². The van der Waals surface area contributed by atoms with Crippen molar-refractivity contribution in [2.75, 3.05) is 20.8 Å². The van der Waals surface area contributed by atoms with Gasteiger partial charge in [-0.15, -0.1) is 0 Å². The Kier molecular flexibility index (Phi) is 6.32. The first-order valence-corrected chi connectivity index (χ1v) is 12.1. The van der Waals surface area contributed by atoms with E-state index < -0.39 is 19.9 Å². The first-order chi connectivity index (χ1) is 12.5. The van der Waals surface area contributed by atoms with Gasteiger partial charge in [-0.05, 0) is 48.7 Å². The van der Waals surface area contributed by atoms with Crippen molar-refractivity contribution in [3.63, 3.8) is 0 Å². The molecule has 0 heterocycles. The van der Waals surface area contributed by atoms with Crippen molar-refractivity contribution in [1.29, 1.82) is 0 Å². The Labute approximate surface area is 162 Å². The number of rotatable bonds is 7. The minimum absolute atomic E-state index is 0.148. The van der Waals surface area contributed by atoms with Crippen LogP contribution in [0.4, 0.5) is 0 Å². The highest BCUT2D eigenvalue weighted by Gasteiger charge is 2.37. The van der Waals surface area contributed by atoms with E-state index in [4.69, 9.17) is 13.9 Å². The van der Waals surface area contributed by atoms with Crippen LogP contribution in [0.15, 0.2) is 17.7 Å². The van der Waals surface area contributed by atoms with Gasteiger partial charge in [0, 0.05) is 18.2 Å². The predicted octanol–water partition coefficient (Wildman–Crippen LogP) is 4.65. The maximum Gasteiger partial charge on any atom is 0.237 e. The normalized spacial score (nSPS) is 14.7. The number of benzene rings is 1. The van der Waals surface area contributed by atoms with Gasteiger partial charge in [-0.1, -0.05) is 20.8 Å². The molecule has 0 radical (unpaired) electrons. The number of fused-ring (bicyclic) bond motifs is 1. The molecule has 6 heteroatoms. The van der Waals surface area contributed by atoms with Crippen LogP contribution >= 0.6 is 0 Å². The maximum absolute atomic E-state index is 12.6. The smallest absolute Gasteiger partial charge is 0.237 e. The number of hydrogen-bond donors (Lipinski definition) is 0. The average molecular weight is 391 g/mol. The molecular weight excluding hydrogens is 360 g/mol. The maximum atomic E-state index is 12.6. The molecule has 148 valence electrons. The Morgan fingerprint density at radius 3 is 2.22 bits per heavy atom. The van der Waals surface area contributed by atoms with Gasteiger partial charge in [-0.2, -0.15) is 0 Å². The third-order valence-electron chi connectivity index (χ3n) is 5.48. The average Bonchev–Trinajstić information content (AvgIpc) is 2.60. The van der Waals surface area contributed by atoms with Crippen LogP contribution < -0.4 is 9.47 Å². The second kappa shape index (κ2) is 7.98. The van der Waals surface area contributed by atoms with Crippen molar-refractivity contribution in [2.24, 2.45) is 0 Å². The van der Waals surface area contributed by atoms with Crippen LogP contribution in [0.1, 0.15) is 49.5 Å². The molecule has 0 saturated carbocycles. The van der Waals surface area contributed by atoms with Crippen LogP contribution in [0.5, 0.6) is 11.5 Å². The van der Waals surface area contributed by atoms with E-state index in [2.05, 4.69) is 33.9 Å². The number of ether oxygens (including phenoxy) is 2. The van der Waals surface area contributed by atoms with Gasteiger partial charge in [0.2, 0.25) is 11.6 Å². The molecule has 0 fully saturated rings. The highest BCUT2D eigenvalue weighted by Crippen LogP contribution is 2.37. The SMILES string of the molecule is COc1cc2c(c(OC)c1)C(=O)C(=O)C(CCCO[Si](C)(C)C(C)(C)C)=C2. The summed E-state index contributed by atoms with van der Waals surface area (Å²) in [6, 6.07) is 3.38. The van der Waals surface area contributed by atoms with Crippen LogP contribution in [-0.2, 0) is 9.22 Å². The van der Waals surface area contributed by atoms with E-state index in [9.17, 15) is 9.59 Å². The summed E-state index contributed by atoms with van der Waals surface area (Å²) in [6.07, 6.45) is 2.99. The fourth-order valence-corrected chi connectivity index (χ4v) is 3.84. The molecule has 0 amide bonds. The van der Waals surface area contributed by atoms with Gasteiger partial charge < -0.3 is 13.9 Å². The largest absolute Gasteiger partial charge is 0.497 e. The number of carbonyl (C=O) groups excluding carboxylic acids is 2. The monoisotopic (exact) mass is 390 g/mol. The molecule has 0 bridgehead atoms. The topological polar surface area (TPSA) is 61.8 Å². The van der Waals surface area contributed by atoms with E-state index in [0.29, 0.717) is 47.6 Å². The van der Waals surface area contributed by atoms with E-state index in [1.807, 2.05) is 0 Å². The summed E-state index contributed by atoms with van der Waals surface area (Å²) in [7, 11) is 1.22. The molecule has 2 rings (SSSR count). The van der Waals surface area contributed by atoms with Crippen LogP contribution in [0.25, 0.3) is 6.08 Å². The minimum atomic E-state index is -1.81. The molecule has 1 aliphatic carbocycles. The Morgan fingerprint density at radius 2 is 1.67 bits per heavy atom. The van der Waals surface area contributed by atoms with Gasteiger partial charge in [0.05, 0.1) is 19.8 Å². The van der Waals surface area contributed by atoms with E-state index in [-0.39, 0.29) is 5.04 Å². The van der Waals surface area contributed by atoms with Crippen molar-refractivity contribution in [3.05, 3.63) is 28.8 Å². The van der Waals surface area contributed by atoms with Gasteiger partial charge in [0.15, 0.2) is 8.32 Å². The molecule has 0 atom stereocenters. The van der Waals surface area contributed by atoms with E-state index in [0.717, 1.165) is 0 Å². The summed E-state index contributed by atoms with van der Waals surface area (Å²) >= 11 is 0. The van der Waals surface area contributed by atoms with Crippen LogP contribution in [0.2, 0.25) is 18.1 Å². The lowest BCUT2D eigenvalue weighted by atomic mass is 9.87. The number of carbonyl (C=O) groups is 2. The molecule has 0 aromatic heterocycles. The van der Waals surface area contributed by atoms with Gasteiger partial charge >= 0.3 is 0 Å². The highest BCUT2D eigenvalue weighted by atomic mass is 28.4. The van der Waals surface area contributed by atoms with E-state index in [1.165, 1.54) is 7.11 Å². The summed E-state index contributed by atoms with van der Waals surface area (Å²) in [4.78, 5) is 25.1. The molecule has 0 aliphatic heterocycles. The zero-order valence-electron chi connectivity index (χ0n) is 17.4. The number of methoxy groups -OCH3 is 2. The third-order valence-corrected chi connectivity index (χ3v) is 10.0. The summed E-state index contributed by atoms with van der Waals surface area (Å²) in [6.45, 7) is 11.6. The molecule has 1 aliphatic rings. The number of hydrogen-bond acceptors (Lipinski definition) is 5. The molecule has 5 nitrogen and oxygen atoms in total. The molecule has 1 aromatic rings. The Balaban J connectivity index is 2.16. The van der Waals surface area contributed by atoms with Crippen molar-refractivity contribution >= 4 is 26.0 Å². The number of ketones is 2. The van der Waals surface area contributed by atoms with Crippen molar-refractivity contribution in [3.8, 4) is 11.5 Å². The number of Topliss-reactive ketones (excluding diaryl/α,β-unsaturated/α-hetero) is 2. The predicted molar refractivity (Wildman–Crippen MR) is 109 cm³/mol. The van der Waals surface area contributed by atoms with E-state index in [1.54, 1.807) is 25.3 Å². The molecule has 0 saturated heterocycles. The Bertz CT molecular complexity index is 772. The van der Waals surface area contributed by atoms with Crippen molar-refractivity contribution in [1.82, 2.24) is 0 Å². The minimum Gasteiger partial charge on any atom is -0.497 e. The molecule has 0 N–H and O–H groups in total. The summed E-state index contributed by atoms with van der Waals surface area (Å²) in [5.41, 5.74) is 1.49. The quantitative estimate of drug-likeness (QED) is 0.385. The number of allylic oxidation sites excluding steroid dienone is 1. The first-order valence-electron chi connectivity index (χ1n) is 9.21. The lowest BCUT2D eigenvalue weighted by Crippen LogP contribution is -2.41. The summed E-state index contributed by atoms with van der Waals surface area (Å²) in [5.74, 6) is -0.0329. The lowest BCUT2D eigenvalue weighted by Gasteiger charge is -2.36. The van der Waals surface area contributed by atoms with Gasteiger partial charge in [-0.3, -0.25) is 9.59 Å². The molecule has 0 spiro atoms. The Morgan fingerprint density at radius 1 is 1.00 bits per heavy atom. The van der Waals surface area contributed by atoms with Crippen molar-refractivity contribution < 1.29 is 23.5 Å². The second-order valence-electron chi connectivity index (χ2n) is 8.33.